The highest BCUT2D eigenvalue weighted by Crippen LogP contribution is 2.25. The zero-order valence-electron chi connectivity index (χ0n) is 14.4. The van der Waals surface area contributed by atoms with Gasteiger partial charge in [0.2, 0.25) is 5.91 Å². The van der Waals surface area contributed by atoms with Crippen LogP contribution >= 0.6 is 15.9 Å². The highest BCUT2D eigenvalue weighted by Gasteiger charge is 2.17. The summed E-state index contributed by atoms with van der Waals surface area (Å²) in [6.45, 7) is 7.23. The van der Waals surface area contributed by atoms with Crippen LogP contribution in [-0.4, -0.2) is 36.4 Å². The summed E-state index contributed by atoms with van der Waals surface area (Å²) < 4.78 is 6.25. The number of halogens is 1. The Balaban J connectivity index is 1.68. The van der Waals surface area contributed by atoms with Crippen molar-refractivity contribution < 1.29 is 14.3 Å². The average molecular weight is 410 g/mol. The quantitative estimate of drug-likeness (QED) is 0.679. The number of hydrazine groups is 1. The number of benzene rings is 1. The molecule has 0 aromatic heterocycles. The number of hydrogen-bond donors (Lipinski definition) is 2. The van der Waals surface area contributed by atoms with E-state index in [4.69, 9.17) is 4.74 Å². The lowest BCUT2D eigenvalue weighted by molar-refractivity contribution is -0.131. The van der Waals surface area contributed by atoms with E-state index in [-0.39, 0.29) is 24.8 Å². The third kappa shape index (κ3) is 6.42. The molecule has 1 fully saturated rings. The van der Waals surface area contributed by atoms with Gasteiger partial charge >= 0.3 is 0 Å². The molecule has 0 spiro atoms. The molecule has 1 aromatic rings. The van der Waals surface area contributed by atoms with E-state index in [9.17, 15) is 9.59 Å². The van der Waals surface area contributed by atoms with Gasteiger partial charge in [-0.2, -0.15) is 0 Å². The molecular weight excluding hydrogens is 386 g/mol. The van der Waals surface area contributed by atoms with Crippen LogP contribution in [-0.2, 0) is 9.59 Å². The number of likely N-dealkylation sites (tertiary alicyclic amines) is 1. The molecule has 2 rings (SSSR count). The minimum Gasteiger partial charge on any atom is -0.483 e. The van der Waals surface area contributed by atoms with E-state index in [1.165, 1.54) is 6.42 Å². The van der Waals surface area contributed by atoms with Gasteiger partial charge in [-0.3, -0.25) is 15.0 Å². The fraction of sp³-hybridized carbons (Fsp3) is 0.444. The monoisotopic (exact) mass is 409 g/mol. The molecule has 1 aromatic carbocycles. The van der Waals surface area contributed by atoms with Crippen LogP contribution in [0.1, 0.15) is 31.2 Å². The van der Waals surface area contributed by atoms with Gasteiger partial charge in [-0.15, -0.1) is 0 Å². The van der Waals surface area contributed by atoms with Gasteiger partial charge in [-0.25, -0.2) is 0 Å². The first-order valence-electron chi connectivity index (χ1n) is 8.35. The number of nitrogens with zero attached hydrogens (tertiary/aromatic N) is 1. The van der Waals surface area contributed by atoms with Gasteiger partial charge < -0.3 is 15.1 Å². The molecule has 7 heteroatoms. The van der Waals surface area contributed by atoms with Crippen LogP contribution in [0.2, 0.25) is 0 Å². The lowest BCUT2D eigenvalue weighted by atomic mass is 10.1. The number of hydrogen-bond acceptors (Lipinski definition) is 4. The minimum atomic E-state index is -0.348. The van der Waals surface area contributed by atoms with Gasteiger partial charge in [0.1, 0.15) is 5.75 Å². The Morgan fingerprint density at radius 3 is 2.64 bits per heavy atom. The molecule has 0 bridgehead atoms. The van der Waals surface area contributed by atoms with E-state index in [0.717, 1.165) is 36.0 Å². The zero-order valence-corrected chi connectivity index (χ0v) is 16.0. The van der Waals surface area contributed by atoms with Crippen LogP contribution in [0.25, 0.3) is 0 Å². The summed E-state index contributed by atoms with van der Waals surface area (Å²) >= 11 is 3.40. The Hall–Kier alpha value is -2.02. The lowest BCUT2D eigenvalue weighted by Gasteiger charge is -2.27. The number of ether oxygens (including phenoxy) is 1. The van der Waals surface area contributed by atoms with Gasteiger partial charge in [-0.1, -0.05) is 12.6 Å². The van der Waals surface area contributed by atoms with Crippen molar-refractivity contribution in [2.24, 2.45) is 0 Å². The highest BCUT2D eigenvalue weighted by molar-refractivity contribution is 9.10. The average Bonchev–Trinajstić information content (AvgIpc) is 2.60. The summed E-state index contributed by atoms with van der Waals surface area (Å²) in [7, 11) is 0. The van der Waals surface area contributed by atoms with Crippen molar-refractivity contribution in [3.05, 3.63) is 40.5 Å². The second kappa shape index (κ2) is 9.46. The molecule has 6 nitrogen and oxygen atoms in total. The smallest absolute Gasteiger partial charge is 0.276 e. The predicted molar refractivity (Wildman–Crippen MR) is 99.8 cm³/mol. The van der Waals surface area contributed by atoms with Crippen LogP contribution in [0.5, 0.6) is 5.75 Å². The van der Waals surface area contributed by atoms with Crippen molar-refractivity contribution >= 4 is 27.7 Å². The number of amides is 2. The molecule has 0 aliphatic carbocycles. The molecule has 1 aliphatic rings. The third-order valence-electron chi connectivity index (χ3n) is 3.90. The van der Waals surface area contributed by atoms with Crippen molar-refractivity contribution in [2.45, 2.75) is 32.6 Å². The van der Waals surface area contributed by atoms with E-state index in [2.05, 4.69) is 33.4 Å². The third-order valence-corrected chi connectivity index (χ3v) is 4.52. The number of carbonyl (C=O) groups is 2. The number of rotatable bonds is 7. The van der Waals surface area contributed by atoms with Crippen LogP contribution in [0.3, 0.4) is 0 Å². The van der Waals surface area contributed by atoms with E-state index in [1.54, 1.807) is 6.07 Å². The molecule has 0 unspecified atom stereocenters. The first-order valence-corrected chi connectivity index (χ1v) is 9.14. The minimum absolute atomic E-state index is 0.0336. The van der Waals surface area contributed by atoms with Crippen molar-refractivity contribution in [3.63, 3.8) is 0 Å². The molecule has 0 saturated carbocycles. The number of carbonyl (C=O) groups excluding carboxylic acids is 2. The maximum absolute atomic E-state index is 12.1. The second-order valence-electron chi connectivity index (χ2n) is 6.12. The fourth-order valence-electron chi connectivity index (χ4n) is 2.54. The Labute approximate surface area is 156 Å². The Morgan fingerprint density at radius 2 is 1.96 bits per heavy atom. The summed E-state index contributed by atoms with van der Waals surface area (Å²) in [6, 6.07) is 5.63. The van der Waals surface area contributed by atoms with E-state index >= 15 is 0 Å². The summed E-state index contributed by atoms with van der Waals surface area (Å²) in [5.74, 6) is 0.283. The maximum atomic E-state index is 12.1. The van der Waals surface area contributed by atoms with E-state index in [0.29, 0.717) is 11.4 Å². The molecule has 1 heterocycles. The summed E-state index contributed by atoms with van der Waals surface area (Å²) in [5.41, 5.74) is 6.73. The molecule has 1 aliphatic heterocycles. The van der Waals surface area contributed by atoms with Gasteiger partial charge in [0.15, 0.2) is 6.61 Å². The van der Waals surface area contributed by atoms with Crippen molar-refractivity contribution in [2.75, 3.05) is 19.7 Å². The van der Waals surface area contributed by atoms with E-state index < -0.39 is 0 Å². The van der Waals surface area contributed by atoms with Gasteiger partial charge in [0, 0.05) is 18.8 Å². The summed E-state index contributed by atoms with van der Waals surface area (Å²) in [4.78, 5) is 25.8. The Bertz CT molecular complexity index is 642. The molecule has 0 radical (unpaired) electrons. The molecule has 136 valence electrons. The SMILES string of the molecule is C=C(CC(=O)N1CCCCC1)NNC(=O)COc1ccc(C)cc1Br. The molecule has 2 N–H and O–H groups in total. The predicted octanol–water partition coefficient (Wildman–Crippen LogP) is 2.67. The first kappa shape index (κ1) is 19.3. The van der Waals surface area contributed by atoms with Crippen molar-refractivity contribution in [1.29, 1.82) is 0 Å². The van der Waals surface area contributed by atoms with Gasteiger partial charge in [0.05, 0.1) is 10.9 Å². The van der Waals surface area contributed by atoms with E-state index in [1.807, 2.05) is 24.0 Å². The number of nitrogens with one attached hydrogen (secondary N) is 2. The first-order chi connectivity index (χ1) is 12.0. The topological polar surface area (TPSA) is 70.7 Å². The van der Waals surface area contributed by atoms with Crippen molar-refractivity contribution in [3.8, 4) is 5.75 Å². The van der Waals surface area contributed by atoms with Crippen LogP contribution < -0.4 is 15.6 Å². The Kier molecular flexibility index (Phi) is 7.31. The standard InChI is InChI=1S/C18H24BrN3O3/c1-13-6-7-16(15(19)10-13)25-12-17(23)21-20-14(2)11-18(24)22-8-4-3-5-9-22/h6-7,10,20H,2-5,8-9,11-12H2,1H3,(H,21,23). The van der Waals surface area contributed by atoms with Crippen LogP contribution in [0.4, 0.5) is 0 Å². The van der Waals surface area contributed by atoms with Gasteiger partial charge in [-0.05, 0) is 59.8 Å². The maximum Gasteiger partial charge on any atom is 0.276 e. The zero-order chi connectivity index (χ0) is 18.2. The second-order valence-corrected chi connectivity index (χ2v) is 6.97. The highest BCUT2D eigenvalue weighted by atomic mass is 79.9. The summed E-state index contributed by atoms with van der Waals surface area (Å²) in [6.07, 6.45) is 3.45. The normalized spacial score (nSPS) is 13.9. The fourth-order valence-corrected chi connectivity index (χ4v) is 3.15. The van der Waals surface area contributed by atoms with Crippen LogP contribution in [0.15, 0.2) is 34.9 Å². The van der Waals surface area contributed by atoms with Crippen LogP contribution in [0, 0.1) is 6.92 Å². The number of piperidine rings is 1. The largest absolute Gasteiger partial charge is 0.483 e. The van der Waals surface area contributed by atoms with Crippen molar-refractivity contribution in [1.82, 2.24) is 15.8 Å². The van der Waals surface area contributed by atoms with Gasteiger partial charge in [0.25, 0.3) is 5.91 Å². The molecule has 25 heavy (non-hydrogen) atoms. The molecule has 2 amide bonds. The lowest BCUT2D eigenvalue weighted by Crippen LogP contribution is -2.41. The molecule has 1 saturated heterocycles. The summed E-state index contributed by atoms with van der Waals surface area (Å²) in [5, 5.41) is 0. The molecule has 0 atom stereocenters. The Morgan fingerprint density at radius 1 is 1.24 bits per heavy atom. The number of aryl methyl sites for hydroxylation is 1. The molecular formula is C18H24BrN3O3.